The van der Waals surface area contributed by atoms with E-state index in [2.05, 4.69) is 5.32 Å². The maximum Gasteiger partial charge on any atom is 0.409 e. The fraction of sp³-hybridized carbons (Fsp3) is 0.381. The number of hydrogen-bond acceptors (Lipinski definition) is 6. The van der Waals surface area contributed by atoms with Gasteiger partial charge in [-0.25, -0.2) is 4.79 Å². The molecule has 1 aromatic rings. The molecule has 3 fully saturated rings. The Hall–Kier alpha value is -3.29. The van der Waals surface area contributed by atoms with Gasteiger partial charge in [-0.2, -0.15) is 0 Å². The normalized spacial score (nSPS) is 19.5. The van der Waals surface area contributed by atoms with Crippen molar-refractivity contribution in [3.05, 3.63) is 52.5 Å². The van der Waals surface area contributed by atoms with Crippen LogP contribution in [0.25, 0.3) is 0 Å². The van der Waals surface area contributed by atoms with E-state index in [0.717, 1.165) is 50.4 Å². The van der Waals surface area contributed by atoms with Crippen molar-refractivity contribution in [3.8, 4) is 0 Å². The maximum atomic E-state index is 12.4. The van der Waals surface area contributed by atoms with Gasteiger partial charge in [0.25, 0.3) is 0 Å². The first kappa shape index (κ1) is 19.0. The fourth-order valence-electron chi connectivity index (χ4n) is 3.22. The number of aryl methyl sites for hydroxylation is 2. The van der Waals surface area contributed by atoms with Crippen LogP contribution in [-0.4, -0.2) is 76.7 Å². The first-order valence-corrected chi connectivity index (χ1v) is 9.72. The molecule has 5 rings (SSSR count). The van der Waals surface area contributed by atoms with Crippen molar-refractivity contribution in [1.82, 2.24) is 14.7 Å². The molecule has 1 aliphatic carbocycles. The number of carbonyl (C=O) groups excluding carboxylic acids is 2. The molecule has 3 aliphatic heterocycles. The molecule has 29 heavy (non-hydrogen) atoms. The van der Waals surface area contributed by atoms with E-state index < -0.39 is 6.09 Å². The number of rotatable bonds is 4. The molecule has 0 atom stereocenters. The second-order valence-corrected chi connectivity index (χ2v) is 7.61. The monoisotopic (exact) mass is 396 g/mol. The molecule has 3 heterocycles. The van der Waals surface area contributed by atoms with E-state index in [0.29, 0.717) is 22.8 Å². The lowest BCUT2D eigenvalue weighted by atomic mass is 10.0. The lowest BCUT2D eigenvalue weighted by Gasteiger charge is -2.21. The van der Waals surface area contributed by atoms with E-state index in [1.54, 1.807) is 6.07 Å². The summed E-state index contributed by atoms with van der Waals surface area (Å²) >= 11 is 0. The molecule has 0 unspecified atom stereocenters. The number of benzene rings is 1. The number of anilines is 1. The van der Waals surface area contributed by atoms with E-state index in [1.165, 1.54) is 6.08 Å². The number of hydrogen-bond donors (Lipinski definition) is 2. The number of carbonyl (C=O) groups is 3. The van der Waals surface area contributed by atoms with Gasteiger partial charge in [-0.3, -0.25) is 14.9 Å². The highest BCUT2D eigenvalue weighted by atomic mass is 16.4. The molecule has 1 aromatic carbocycles. The van der Waals surface area contributed by atoms with Crippen molar-refractivity contribution in [1.29, 1.82) is 0 Å². The van der Waals surface area contributed by atoms with E-state index in [9.17, 15) is 14.4 Å². The van der Waals surface area contributed by atoms with E-state index >= 15 is 0 Å². The van der Waals surface area contributed by atoms with Crippen LogP contribution in [0, 0.1) is 13.8 Å². The zero-order valence-electron chi connectivity index (χ0n) is 16.6. The zero-order valence-corrected chi connectivity index (χ0v) is 16.6. The Morgan fingerprint density at radius 1 is 0.897 bits per heavy atom. The van der Waals surface area contributed by atoms with Crippen LogP contribution >= 0.6 is 0 Å². The topological polar surface area (TPSA) is 92.5 Å². The molecule has 8 nitrogen and oxygen atoms in total. The van der Waals surface area contributed by atoms with Crippen LogP contribution in [0.5, 0.6) is 0 Å². The summed E-state index contributed by atoms with van der Waals surface area (Å²) in [7, 11) is 0. The first-order chi connectivity index (χ1) is 13.8. The van der Waals surface area contributed by atoms with Crippen LogP contribution in [0.4, 0.5) is 10.5 Å². The second-order valence-electron chi connectivity index (χ2n) is 7.61. The number of allylic oxidation sites excluding steroid dienone is 1. The third-order valence-electron chi connectivity index (χ3n) is 5.25. The molecule has 1 amide bonds. The molecule has 3 saturated heterocycles. The van der Waals surface area contributed by atoms with Crippen molar-refractivity contribution < 1.29 is 19.5 Å². The van der Waals surface area contributed by atoms with E-state index in [-0.39, 0.29) is 11.6 Å². The highest BCUT2D eigenvalue weighted by Crippen LogP contribution is 2.33. The Morgan fingerprint density at radius 2 is 1.48 bits per heavy atom. The summed E-state index contributed by atoms with van der Waals surface area (Å²) in [6.07, 6.45) is 0.494. The number of Topliss-reactive ketones (excluding diaryl/α,β-unsaturated/α-hetero) is 1. The quantitative estimate of drug-likeness (QED) is 0.590. The fourth-order valence-corrected chi connectivity index (χ4v) is 3.22. The SMILES string of the molecule is Cc1ccc(NC(=O)O)cc1C.O=C1C=C(N2CC2)C(=O)C(N2CC2)=C1N1CC1. The Morgan fingerprint density at radius 3 is 2.00 bits per heavy atom. The van der Waals surface area contributed by atoms with Gasteiger partial charge in [0.1, 0.15) is 11.4 Å². The van der Waals surface area contributed by atoms with Crippen molar-refractivity contribution in [3.63, 3.8) is 0 Å². The van der Waals surface area contributed by atoms with Gasteiger partial charge in [-0.15, -0.1) is 0 Å². The molecule has 8 heteroatoms. The van der Waals surface area contributed by atoms with Crippen LogP contribution in [0.15, 0.2) is 41.4 Å². The molecule has 2 N–H and O–H groups in total. The number of nitrogens with one attached hydrogen (secondary N) is 1. The summed E-state index contributed by atoms with van der Waals surface area (Å²) in [5.74, 6) is 0.0485. The predicted octanol–water partition coefficient (Wildman–Crippen LogP) is 1.57. The number of carboxylic acid groups (broad SMARTS) is 1. The van der Waals surface area contributed by atoms with E-state index in [1.807, 2.05) is 40.7 Å². The molecule has 0 aromatic heterocycles. The van der Waals surface area contributed by atoms with Gasteiger partial charge in [-0.1, -0.05) is 6.07 Å². The summed E-state index contributed by atoms with van der Waals surface area (Å²) in [4.78, 5) is 40.7. The Kier molecular flexibility index (Phi) is 4.77. The van der Waals surface area contributed by atoms with Gasteiger partial charge >= 0.3 is 6.09 Å². The average molecular weight is 396 g/mol. The highest BCUT2D eigenvalue weighted by Gasteiger charge is 2.43. The Labute approximate surface area is 169 Å². The van der Waals surface area contributed by atoms with Gasteiger partial charge in [-0.05, 0) is 37.1 Å². The van der Waals surface area contributed by atoms with Crippen molar-refractivity contribution in [2.24, 2.45) is 0 Å². The molecule has 4 aliphatic rings. The molecular formula is C21H24N4O4. The lowest BCUT2D eigenvalue weighted by molar-refractivity contribution is -0.117. The smallest absolute Gasteiger partial charge is 0.409 e. The first-order valence-electron chi connectivity index (χ1n) is 9.72. The van der Waals surface area contributed by atoms with Crippen molar-refractivity contribution in [2.75, 3.05) is 44.6 Å². The van der Waals surface area contributed by atoms with Crippen LogP contribution < -0.4 is 5.32 Å². The molecule has 0 radical (unpaired) electrons. The molecule has 0 spiro atoms. The van der Waals surface area contributed by atoms with Crippen LogP contribution in [0.2, 0.25) is 0 Å². The number of amides is 1. The molecule has 0 bridgehead atoms. The molecular weight excluding hydrogens is 372 g/mol. The maximum absolute atomic E-state index is 12.4. The minimum absolute atomic E-state index is 0.00546. The standard InChI is InChI=1S/C12H13N3O2.C9H11NO2/c16-9-7-8(13-1-2-13)12(17)11(15-5-6-15)10(9)14-3-4-14;1-6-3-4-8(5-7(6)2)10-9(11)12/h7H,1-6H2;3-5,10H,1-2H3,(H,11,12). The van der Waals surface area contributed by atoms with Gasteiger partial charge < -0.3 is 19.8 Å². The third kappa shape index (κ3) is 4.26. The predicted molar refractivity (Wildman–Crippen MR) is 107 cm³/mol. The van der Waals surface area contributed by atoms with Gasteiger partial charge in [0, 0.05) is 51.0 Å². The minimum atomic E-state index is -1.03. The van der Waals surface area contributed by atoms with Gasteiger partial charge in [0.15, 0.2) is 0 Å². The van der Waals surface area contributed by atoms with Crippen LogP contribution in [-0.2, 0) is 9.59 Å². The minimum Gasteiger partial charge on any atom is -0.465 e. The summed E-state index contributed by atoms with van der Waals surface area (Å²) in [5, 5.41) is 10.7. The zero-order chi connectivity index (χ0) is 20.7. The van der Waals surface area contributed by atoms with Gasteiger partial charge in [0.2, 0.25) is 11.6 Å². The third-order valence-corrected chi connectivity index (χ3v) is 5.25. The lowest BCUT2D eigenvalue weighted by Crippen LogP contribution is -2.29. The Balaban J connectivity index is 0.000000152. The summed E-state index contributed by atoms with van der Waals surface area (Å²) in [5.41, 5.74) is 4.75. The average Bonchev–Trinajstić information content (AvgIpc) is 3.52. The number of ketones is 2. The van der Waals surface area contributed by atoms with Crippen LogP contribution in [0.3, 0.4) is 0 Å². The Bertz CT molecular complexity index is 953. The van der Waals surface area contributed by atoms with E-state index in [4.69, 9.17) is 5.11 Å². The summed E-state index contributed by atoms with van der Waals surface area (Å²) in [6.45, 7) is 9.34. The molecule has 152 valence electrons. The largest absolute Gasteiger partial charge is 0.465 e. The van der Waals surface area contributed by atoms with Gasteiger partial charge in [0.05, 0.1) is 5.70 Å². The summed E-state index contributed by atoms with van der Waals surface area (Å²) in [6, 6.07) is 5.44. The van der Waals surface area contributed by atoms with Crippen LogP contribution in [0.1, 0.15) is 11.1 Å². The van der Waals surface area contributed by atoms with Crippen molar-refractivity contribution >= 4 is 23.3 Å². The van der Waals surface area contributed by atoms with Crippen molar-refractivity contribution in [2.45, 2.75) is 13.8 Å². The highest BCUT2D eigenvalue weighted by molar-refractivity contribution is 6.22. The summed E-state index contributed by atoms with van der Waals surface area (Å²) < 4.78 is 0. The second kappa shape index (κ2) is 7.27. The molecule has 0 saturated carbocycles. The number of nitrogens with zero attached hydrogens (tertiary/aromatic N) is 3.